The Kier molecular flexibility index (Phi) is 11.3. The van der Waals surface area contributed by atoms with Crippen LogP contribution in [0.3, 0.4) is 0 Å². The van der Waals surface area contributed by atoms with Gasteiger partial charge < -0.3 is 4.43 Å². The molecule has 0 aromatic rings. The van der Waals surface area contributed by atoms with Gasteiger partial charge in [0, 0.05) is 6.61 Å². The number of rotatable bonds is 9. The highest BCUT2D eigenvalue weighted by Crippen LogP contribution is 1.99. The maximum Gasteiger partial charge on any atom is 0.229 e. The zero-order valence-corrected chi connectivity index (χ0v) is 9.57. The molecular formula is C10H22OSi. The Morgan fingerprint density at radius 2 is 1.58 bits per heavy atom. The zero-order valence-electron chi connectivity index (χ0n) is 8.57. The van der Waals surface area contributed by atoms with E-state index in [-0.39, 0.29) is 0 Å². The van der Waals surface area contributed by atoms with Crippen LogP contribution in [0.5, 0.6) is 0 Å². The average Bonchev–Trinajstić information content (AvgIpc) is 2.10. The van der Waals surface area contributed by atoms with Crippen molar-refractivity contribution >= 4 is 9.76 Å². The van der Waals surface area contributed by atoms with Crippen molar-refractivity contribution in [2.45, 2.75) is 58.4 Å². The van der Waals surface area contributed by atoms with Gasteiger partial charge in [0.15, 0.2) is 0 Å². The summed E-state index contributed by atoms with van der Waals surface area (Å²) in [7, 11) is 0.753. The molecule has 0 rings (SSSR count). The van der Waals surface area contributed by atoms with Crippen molar-refractivity contribution in [1.29, 1.82) is 0 Å². The SMILES string of the molecule is CCCCCO[Si]CCCCC. The van der Waals surface area contributed by atoms with Crippen LogP contribution in [0.2, 0.25) is 6.04 Å². The van der Waals surface area contributed by atoms with E-state index in [0.29, 0.717) is 0 Å². The first-order valence-electron chi connectivity index (χ1n) is 5.26. The topological polar surface area (TPSA) is 9.23 Å². The van der Waals surface area contributed by atoms with Crippen LogP contribution in [0.4, 0.5) is 0 Å². The van der Waals surface area contributed by atoms with E-state index in [9.17, 15) is 0 Å². The molecule has 0 aliphatic carbocycles. The third-order valence-electron chi connectivity index (χ3n) is 1.83. The van der Waals surface area contributed by atoms with E-state index in [1.807, 2.05) is 0 Å². The van der Waals surface area contributed by atoms with Gasteiger partial charge >= 0.3 is 0 Å². The summed E-state index contributed by atoms with van der Waals surface area (Å²) in [6, 6.07) is 1.28. The summed E-state index contributed by atoms with van der Waals surface area (Å²) < 4.78 is 5.51. The first kappa shape index (κ1) is 12.2. The maximum absolute atomic E-state index is 5.51. The lowest BCUT2D eigenvalue weighted by Crippen LogP contribution is -1.99. The largest absolute Gasteiger partial charge is 0.417 e. The van der Waals surface area contributed by atoms with Gasteiger partial charge in [-0.05, 0) is 12.5 Å². The van der Waals surface area contributed by atoms with E-state index in [2.05, 4.69) is 13.8 Å². The Bertz CT molecular complexity index is 66.2. The molecule has 0 saturated carbocycles. The van der Waals surface area contributed by atoms with Crippen LogP contribution in [0.25, 0.3) is 0 Å². The molecule has 0 aromatic heterocycles. The second kappa shape index (κ2) is 11.2. The molecule has 12 heavy (non-hydrogen) atoms. The van der Waals surface area contributed by atoms with E-state index in [1.54, 1.807) is 0 Å². The molecule has 0 atom stereocenters. The molecule has 1 nitrogen and oxygen atoms in total. The molecule has 0 unspecified atom stereocenters. The van der Waals surface area contributed by atoms with Gasteiger partial charge in [-0.1, -0.05) is 46.0 Å². The van der Waals surface area contributed by atoms with Gasteiger partial charge in [-0.15, -0.1) is 0 Å². The fraction of sp³-hybridized carbons (Fsp3) is 1.00. The van der Waals surface area contributed by atoms with Gasteiger partial charge in [0.05, 0.1) is 0 Å². The van der Waals surface area contributed by atoms with E-state index in [1.165, 1.54) is 44.6 Å². The summed E-state index contributed by atoms with van der Waals surface area (Å²) >= 11 is 0. The van der Waals surface area contributed by atoms with Crippen LogP contribution >= 0.6 is 0 Å². The Labute approximate surface area is 79.8 Å². The molecule has 0 heterocycles. The summed E-state index contributed by atoms with van der Waals surface area (Å²) in [5, 5.41) is 0. The molecule has 72 valence electrons. The van der Waals surface area contributed by atoms with E-state index in [4.69, 9.17) is 4.43 Å². The van der Waals surface area contributed by atoms with Crippen LogP contribution < -0.4 is 0 Å². The molecule has 2 radical (unpaired) electrons. The van der Waals surface area contributed by atoms with Crippen molar-refractivity contribution < 1.29 is 4.43 Å². The molecule has 0 bridgehead atoms. The lowest BCUT2D eigenvalue weighted by atomic mass is 10.3. The third-order valence-corrected chi connectivity index (χ3v) is 2.80. The van der Waals surface area contributed by atoms with Crippen molar-refractivity contribution in [2.75, 3.05) is 6.61 Å². The van der Waals surface area contributed by atoms with Crippen molar-refractivity contribution in [3.8, 4) is 0 Å². The summed E-state index contributed by atoms with van der Waals surface area (Å²) in [5.41, 5.74) is 0. The fourth-order valence-electron chi connectivity index (χ4n) is 1.02. The van der Waals surface area contributed by atoms with Crippen molar-refractivity contribution in [3.63, 3.8) is 0 Å². The minimum Gasteiger partial charge on any atom is -0.417 e. The molecule has 0 aliphatic heterocycles. The van der Waals surface area contributed by atoms with Crippen molar-refractivity contribution in [1.82, 2.24) is 0 Å². The minimum absolute atomic E-state index is 0.753. The lowest BCUT2D eigenvalue weighted by Gasteiger charge is -2.01. The first-order chi connectivity index (χ1) is 5.91. The number of hydrogen-bond donors (Lipinski definition) is 0. The molecule has 0 amide bonds. The van der Waals surface area contributed by atoms with E-state index >= 15 is 0 Å². The van der Waals surface area contributed by atoms with Gasteiger partial charge in [-0.2, -0.15) is 0 Å². The summed E-state index contributed by atoms with van der Waals surface area (Å²) in [5.74, 6) is 0. The second-order valence-electron chi connectivity index (χ2n) is 3.16. The smallest absolute Gasteiger partial charge is 0.229 e. The Hall–Kier alpha value is 0.177. The van der Waals surface area contributed by atoms with Crippen LogP contribution in [0.1, 0.15) is 52.4 Å². The van der Waals surface area contributed by atoms with Gasteiger partial charge in [0.1, 0.15) is 0 Å². The molecule has 0 spiro atoms. The highest BCUT2D eigenvalue weighted by molar-refractivity contribution is 6.26. The molecular weight excluding hydrogens is 164 g/mol. The number of unbranched alkanes of at least 4 members (excludes halogenated alkanes) is 4. The standard InChI is InChI=1S/C10H22OSi/c1-3-5-7-9-11-12-10-8-6-4-2/h3-10H2,1-2H3. The molecule has 0 fully saturated rings. The minimum atomic E-state index is 0.753. The van der Waals surface area contributed by atoms with Crippen LogP contribution in [-0.4, -0.2) is 16.4 Å². The Morgan fingerprint density at radius 3 is 2.25 bits per heavy atom. The summed E-state index contributed by atoms with van der Waals surface area (Å²) in [6.07, 6.45) is 7.90. The monoisotopic (exact) mass is 186 g/mol. The molecule has 0 saturated heterocycles. The van der Waals surface area contributed by atoms with Gasteiger partial charge in [0.2, 0.25) is 9.76 Å². The highest BCUT2D eigenvalue weighted by atomic mass is 28.2. The van der Waals surface area contributed by atoms with Crippen LogP contribution in [0.15, 0.2) is 0 Å². The normalized spacial score (nSPS) is 10.5. The predicted octanol–water partition coefficient (Wildman–Crippen LogP) is 3.42. The highest BCUT2D eigenvalue weighted by Gasteiger charge is 1.91. The van der Waals surface area contributed by atoms with Gasteiger partial charge in [0.25, 0.3) is 0 Å². The van der Waals surface area contributed by atoms with Gasteiger partial charge in [-0.3, -0.25) is 0 Å². The van der Waals surface area contributed by atoms with Crippen molar-refractivity contribution in [2.24, 2.45) is 0 Å². The molecule has 0 aromatic carbocycles. The van der Waals surface area contributed by atoms with Gasteiger partial charge in [-0.25, -0.2) is 0 Å². The van der Waals surface area contributed by atoms with Crippen LogP contribution in [0, 0.1) is 0 Å². The molecule has 0 N–H and O–H groups in total. The second-order valence-corrected chi connectivity index (χ2v) is 4.23. The summed E-state index contributed by atoms with van der Waals surface area (Å²) in [6.45, 7) is 5.45. The van der Waals surface area contributed by atoms with Crippen LogP contribution in [-0.2, 0) is 4.43 Å². The first-order valence-corrected chi connectivity index (χ1v) is 6.38. The Balaban J connectivity index is 2.73. The predicted molar refractivity (Wildman–Crippen MR) is 55.6 cm³/mol. The molecule has 2 heteroatoms. The third kappa shape index (κ3) is 10.2. The number of hydrogen-bond acceptors (Lipinski definition) is 1. The van der Waals surface area contributed by atoms with Crippen molar-refractivity contribution in [3.05, 3.63) is 0 Å². The summed E-state index contributed by atoms with van der Waals surface area (Å²) in [4.78, 5) is 0. The average molecular weight is 186 g/mol. The quantitative estimate of drug-likeness (QED) is 0.396. The van der Waals surface area contributed by atoms with E-state index < -0.39 is 0 Å². The molecule has 0 aliphatic rings. The Morgan fingerprint density at radius 1 is 0.917 bits per heavy atom. The maximum atomic E-state index is 5.51. The fourth-order valence-corrected chi connectivity index (χ4v) is 1.84. The van der Waals surface area contributed by atoms with E-state index in [0.717, 1.165) is 16.4 Å². The zero-order chi connectivity index (χ0) is 9.07. The lowest BCUT2D eigenvalue weighted by molar-refractivity contribution is 0.321.